The highest BCUT2D eigenvalue weighted by molar-refractivity contribution is 7.90. The molecule has 0 radical (unpaired) electrons. The van der Waals surface area contributed by atoms with E-state index in [2.05, 4.69) is 9.46 Å². The molecule has 18 heavy (non-hydrogen) atoms. The first kappa shape index (κ1) is 15.4. The van der Waals surface area contributed by atoms with Gasteiger partial charge in [-0.15, -0.1) is 0 Å². The van der Waals surface area contributed by atoms with Crippen LogP contribution < -0.4 is 4.72 Å². The molecule has 0 aromatic heterocycles. The molecule has 0 heterocycles. The number of nitrogens with one attached hydrogen (secondary N) is 1. The summed E-state index contributed by atoms with van der Waals surface area (Å²) in [4.78, 5) is 11.5. The van der Waals surface area contributed by atoms with Crippen molar-refractivity contribution in [2.24, 2.45) is 11.8 Å². The number of ether oxygens (including phenoxy) is 1. The first-order chi connectivity index (χ1) is 8.42. The molecular weight excluding hydrogens is 258 g/mol. The third-order valence-corrected chi connectivity index (χ3v) is 5.23. The highest BCUT2D eigenvalue weighted by atomic mass is 32.2. The molecule has 1 rings (SSSR count). The third-order valence-electron chi connectivity index (χ3n) is 3.30. The predicted molar refractivity (Wildman–Crippen MR) is 66.3 cm³/mol. The van der Waals surface area contributed by atoms with Crippen LogP contribution in [0.3, 0.4) is 0 Å². The Kier molecular flexibility index (Phi) is 5.55. The summed E-state index contributed by atoms with van der Waals surface area (Å²) in [6, 6.07) is 0. The molecule has 0 amide bonds. The fourth-order valence-corrected chi connectivity index (χ4v) is 4.04. The molecule has 106 valence electrons. The van der Waals surface area contributed by atoms with Gasteiger partial charge >= 0.3 is 5.97 Å². The SMILES string of the molecule is COC(=O)C1CCCC1S(=O)(=O)NCC(C)CO. The predicted octanol–water partition coefficient (Wildman–Crippen LogP) is -0.124. The summed E-state index contributed by atoms with van der Waals surface area (Å²) < 4.78 is 31.3. The number of rotatable bonds is 6. The van der Waals surface area contributed by atoms with E-state index in [4.69, 9.17) is 5.11 Å². The van der Waals surface area contributed by atoms with E-state index in [1.54, 1.807) is 6.92 Å². The van der Waals surface area contributed by atoms with Crippen molar-refractivity contribution in [1.29, 1.82) is 0 Å². The molecule has 6 nitrogen and oxygen atoms in total. The summed E-state index contributed by atoms with van der Waals surface area (Å²) >= 11 is 0. The summed E-state index contributed by atoms with van der Waals surface area (Å²) in [6.45, 7) is 1.85. The van der Waals surface area contributed by atoms with Crippen molar-refractivity contribution in [3.8, 4) is 0 Å². The average Bonchev–Trinajstić information content (AvgIpc) is 2.85. The molecule has 0 spiro atoms. The molecule has 0 aromatic carbocycles. The van der Waals surface area contributed by atoms with Gasteiger partial charge in [-0.1, -0.05) is 13.3 Å². The van der Waals surface area contributed by atoms with Crippen molar-refractivity contribution in [3.05, 3.63) is 0 Å². The van der Waals surface area contributed by atoms with Crippen LogP contribution >= 0.6 is 0 Å². The van der Waals surface area contributed by atoms with Crippen LogP contribution in [0, 0.1) is 11.8 Å². The van der Waals surface area contributed by atoms with Crippen LogP contribution in [-0.2, 0) is 19.6 Å². The number of esters is 1. The smallest absolute Gasteiger partial charge is 0.310 e. The molecule has 0 aliphatic heterocycles. The van der Waals surface area contributed by atoms with E-state index in [1.807, 2.05) is 0 Å². The Morgan fingerprint density at radius 2 is 2.17 bits per heavy atom. The number of aliphatic hydroxyl groups is 1. The molecular formula is C11H21NO5S. The van der Waals surface area contributed by atoms with Crippen LogP contribution in [0.2, 0.25) is 0 Å². The van der Waals surface area contributed by atoms with Crippen molar-refractivity contribution in [2.45, 2.75) is 31.4 Å². The normalized spacial score (nSPS) is 25.9. The molecule has 2 N–H and O–H groups in total. The Morgan fingerprint density at radius 1 is 1.50 bits per heavy atom. The fraction of sp³-hybridized carbons (Fsp3) is 0.909. The zero-order chi connectivity index (χ0) is 13.8. The lowest BCUT2D eigenvalue weighted by Gasteiger charge is -2.19. The zero-order valence-electron chi connectivity index (χ0n) is 10.8. The monoisotopic (exact) mass is 279 g/mol. The number of carbonyl (C=O) groups excluding carboxylic acids is 1. The first-order valence-corrected chi connectivity index (χ1v) is 7.64. The van der Waals surface area contributed by atoms with E-state index < -0.39 is 27.2 Å². The van der Waals surface area contributed by atoms with Gasteiger partial charge in [0.2, 0.25) is 10.0 Å². The number of sulfonamides is 1. The van der Waals surface area contributed by atoms with Crippen LogP contribution in [0.5, 0.6) is 0 Å². The number of aliphatic hydroxyl groups excluding tert-OH is 1. The summed E-state index contributed by atoms with van der Waals surface area (Å²) in [5.41, 5.74) is 0. The summed E-state index contributed by atoms with van der Waals surface area (Å²) in [6.07, 6.45) is 1.73. The molecule has 1 aliphatic carbocycles. The molecule has 0 bridgehead atoms. The minimum Gasteiger partial charge on any atom is -0.469 e. The van der Waals surface area contributed by atoms with Gasteiger partial charge in [-0.3, -0.25) is 4.79 Å². The average molecular weight is 279 g/mol. The molecule has 3 unspecified atom stereocenters. The van der Waals surface area contributed by atoms with Crippen molar-refractivity contribution < 1.29 is 23.1 Å². The lowest BCUT2D eigenvalue weighted by Crippen LogP contribution is -2.41. The number of methoxy groups -OCH3 is 1. The summed E-state index contributed by atoms with van der Waals surface area (Å²) in [7, 11) is -2.26. The van der Waals surface area contributed by atoms with Gasteiger partial charge in [0.05, 0.1) is 18.3 Å². The van der Waals surface area contributed by atoms with Crippen molar-refractivity contribution in [2.75, 3.05) is 20.3 Å². The summed E-state index contributed by atoms with van der Waals surface area (Å²) in [5, 5.41) is 8.15. The molecule has 0 aromatic rings. The second-order valence-electron chi connectivity index (χ2n) is 4.78. The zero-order valence-corrected chi connectivity index (χ0v) is 11.6. The number of hydrogen-bond donors (Lipinski definition) is 2. The Labute approximate surface area is 108 Å². The second-order valence-corrected chi connectivity index (χ2v) is 6.76. The molecule has 1 aliphatic rings. The van der Waals surface area contributed by atoms with Gasteiger partial charge in [0.15, 0.2) is 0 Å². The minimum absolute atomic E-state index is 0.0758. The van der Waals surface area contributed by atoms with Crippen LogP contribution in [0.1, 0.15) is 26.2 Å². The van der Waals surface area contributed by atoms with Gasteiger partial charge in [-0.25, -0.2) is 13.1 Å². The third kappa shape index (κ3) is 3.66. The molecule has 1 fully saturated rings. The van der Waals surface area contributed by atoms with Gasteiger partial charge in [0.1, 0.15) is 0 Å². The first-order valence-electron chi connectivity index (χ1n) is 6.09. The topological polar surface area (TPSA) is 92.7 Å². The Morgan fingerprint density at radius 3 is 2.72 bits per heavy atom. The molecule has 7 heteroatoms. The maximum atomic E-state index is 12.1. The molecule has 1 saturated carbocycles. The molecule has 0 saturated heterocycles. The van der Waals surface area contributed by atoms with Crippen LogP contribution in [0.15, 0.2) is 0 Å². The maximum absolute atomic E-state index is 12.1. The number of hydrogen-bond acceptors (Lipinski definition) is 5. The van der Waals surface area contributed by atoms with Crippen molar-refractivity contribution in [1.82, 2.24) is 4.72 Å². The lowest BCUT2D eigenvalue weighted by atomic mass is 10.1. The van der Waals surface area contributed by atoms with E-state index in [0.29, 0.717) is 19.3 Å². The number of carbonyl (C=O) groups is 1. The minimum atomic E-state index is -3.53. The fourth-order valence-electron chi connectivity index (χ4n) is 2.15. The van der Waals surface area contributed by atoms with Crippen LogP contribution in [-0.4, -0.2) is 45.0 Å². The lowest BCUT2D eigenvalue weighted by molar-refractivity contribution is -0.145. The van der Waals surface area contributed by atoms with E-state index in [9.17, 15) is 13.2 Å². The summed E-state index contributed by atoms with van der Waals surface area (Å²) in [5.74, 6) is -1.17. The van der Waals surface area contributed by atoms with Gasteiger partial charge in [-0.2, -0.15) is 0 Å². The van der Waals surface area contributed by atoms with Crippen molar-refractivity contribution >= 4 is 16.0 Å². The quantitative estimate of drug-likeness (QED) is 0.661. The van der Waals surface area contributed by atoms with Gasteiger partial charge in [0.25, 0.3) is 0 Å². The van der Waals surface area contributed by atoms with E-state index in [-0.39, 0.29) is 19.1 Å². The second kappa shape index (κ2) is 6.49. The van der Waals surface area contributed by atoms with Gasteiger partial charge < -0.3 is 9.84 Å². The Balaban J connectivity index is 2.69. The Bertz CT molecular complexity index is 381. The van der Waals surface area contributed by atoms with Gasteiger partial charge in [0, 0.05) is 13.2 Å². The van der Waals surface area contributed by atoms with E-state index in [0.717, 1.165) is 0 Å². The molecule has 3 atom stereocenters. The van der Waals surface area contributed by atoms with Crippen molar-refractivity contribution in [3.63, 3.8) is 0 Å². The van der Waals surface area contributed by atoms with E-state index >= 15 is 0 Å². The maximum Gasteiger partial charge on any atom is 0.310 e. The van der Waals surface area contributed by atoms with E-state index in [1.165, 1.54) is 7.11 Å². The standard InChI is InChI=1S/C11H21NO5S/c1-8(7-13)6-12-18(15,16)10-5-3-4-9(10)11(14)17-2/h8-10,12-13H,3-7H2,1-2H3. The van der Waals surface area contributed by atoms with Crippen LogP contribution in [0.4, 0.5) is 0 Å². The highest BCUT2D eigenvalue weighted by Gasteiger charge is 2.42. The van der Waals surface area contributed by atoms with Gasteiger partial charge in [-0.05, 0) is 18.8 Å². The largest absolute Gasteiger partial charge is 0.469 e. The Hall–Kier alpha value is -0.660. The van der Waals surface area contributed by atoms with Crippen LogP contribution in [0.25, 0.3) is 0 Å². The highest BCUT2D eigenvalue weighted by Crippen LogP contribution is 2.31.